The smallest absolute Gasteiger partial charge is 0.262 e. The molecule has 0 radical (unpaired) electrons. The summed E-state index contributed by atoms with van der Waals surface area (Å²) in [6, 6.07) is 5.43. The van der Waals surface area contributed by atoms with Gasteiger partial charge in [0, 0.05) is 0 Å². The highest BCUT2D eigenvalue weighted by Crippen LogP contribution is 2.47. The molecule has 0 bridgehead atoms. The van der Waals surface area contributed by atoms with Crippen LogP contribution >= 0.6 is 0 Å². The van der Waals surface area contributed by atoms with Crippen molar-refractivity contribution in [3.63, 3.8) is 0 Å². The molecule has 2 aliphatic rings. The van der Waals surface area contributed by atoms with Crippen molar-refractivity contribution >= 4 is 11.6 Å². The van der Waals surface area contributed by atoms with Crippen molar-refractivity contribution in [2.24, 2.45) is 0 Å². The SMILES string of the molecule is O=C1COc2ccc(C3(O)CC3)cc2N1. The molecule has 78 valence electrons. The van der Waals surface area contributed by atoms with Gasteiger partial charge in [0.1, 0.15) is 5.75 Å². The Morgan fingerprint density at radius 1 is 1.40 bits per heavy atom. The molecule has 1 heterocycles. The second kappa shape index (κ2) is 2.73. The van der Waals surface area contributed by atoms with Crippen molar-refractivity contribution in [1.82, 2.24) is 0 Å². The summed E-state index contributed by atoms with van der Waals surface area (Å²) in [5.41, 5.74) is 0.841. The second-order valence-corrected chi connectivity index (χ2v) is 4.08. The van der Waals surface area contributed by atoms with Crippen LogP contribution in [0.2, 0.25) is 0 Å². The quantitative estimate of drug-likeness (QED) is 0.719. The van der Waals surface area contributed by atoms with Gasteiger partial charge in [0.2, 0.25) is 0 Å². The first-order valence-electron chi connectivity index (χ1n) is 4.97. The fraction of sp³-hybridized carbons (Fsp3) is 0.364. The highest BCUT2D eigenvalue weighted by molar-refractivity contribution is 5.95. The van der Waals surface area contributed by atoms with Crippen LogP contribution in [0.5, 0.6) is 5.75 Å². The minimum atomic E-state index is -0.669. The molecule has 1 amide bonds. The maximum Gasteiger partial charge on any atom is 0.262 e. The predicted octanol–water partition coefficient (Wildman–Crippen LogP) is 0.999. The molecule has 1 aliphatic carbocycles. The second-order valence-electron chi connectivity index (χ2n) is 4.08. The summed E-state index contributed by atoms with van der Waals surface area (Å²) >= 11 is 0. The maximum atomic E-state index is 11.1. The first-order valence-corrected chi connectivity index (χ1v) is 4.97. The summed E-state index contributed by atoms with van der Waals surface area (Å²) in [6.45, 7) is 0.0661. The summed E-state index contributed by atoms with van der Waals surface area (Å²) in [7, 11) is 0. The molecule has 4 nitrogen and oxygen atoms in total. The molecule has 0 unspecified atom stereocenters. The Morgan fingerprint density at radius 2 is 2.20 bits per heavy atom. The Labute approximate surface area is 86.9 Å². The lowest BCUT2D eigenvalue weighted by atomic mass is 10.1. The van der Waals surface area contributed by atoms with Gasteiger partial charge in [-0.05, 0) is 30.5 Å². The Balaban J connectivity index is 2.01. The number of hydrogen-bond donors (Lipinski definition) is 2. The van der Waals surface area contributed by atoms with Crippen molar-refractivity contribution < 1.29 is 14.6 Å². The van der Waals surface area contributed by atoms with E-state index in [1.165, 1.54) is 0 Å². The number of ether oxygens (including phenoxy) is 1. The zero-order valence-corrected chi connectivity index (χ0v) is 8.12. The number of amides is 1. The fourth-order valence-corrected chi connectivity index (χ4v) is 1.78. The summed E-state index contributed by atoms with van der Waals surface area (Å²) < 4.78 is 5.23. The lowest BCUT2D eigenvalue weighted by Crippen LogP contribution is -2.25. The number of rotatable bonds is 1. The van der Waals surface area contributed by atoms with Gasteiger partial charge in [0.15, 0.2) is 6.61 Å². The summed E-state index contributed by atoms with van der Waals surface area (Å²) in [4.78, 5) is 11.1. The molecule has 1 saturated carbocycles. The van der Waals surface area contributed by atoms with Crippen LogP contribution in [0.1, 0.15) is 18.4 Å². The highest BCUT2D eigenvalue weighted by Gasteiger charge is 2.42. The van der Waals surface area contributed by atoms with Gasteiger partial charge >= 0.3 is 0 Å². The maximum absolute atomic E-state index is 11.1. The van der Waals surface area contributed by atoms with Gasteiger partial charge in [-0.1, -0.05) is 6.07 Å². The van der Waals surface area contributed by atoms with Gasteiger partial charge in [-0.3, -0.25) is 4.79 Å². The molecule has 1 fully saturated rings. The molecule has 4 heteroatoms. The van der Waals surface area contributed by atoms with Crippen molar-refractivity contribution in [3.05, 3.63) is 23.8 Å². The van der Waals surface area contributed by atoms with Gasteiger partial charge in [-0.2, -0.15) is 0 Å². The first kappa shape index (κ1) is 8.73. The molecular formula is C11H11NO3. The van der Waals surface area contributed by atoms with E-state index < -0.39 is 5.60 Å². The normalized spacial score (nSPS) is 21.3. The predicted molar refractivity (Wildman–Crippen MR) is 53.7 cm³/mol. The van der Waals surface area contributed by atoms with Crippen molar-refractivity contribution in [3.8, 4) is 5.75 Å². The van der Waals surface area contributed by atoms with Crippen LogP contribution in [0, 0.1) is 0 Å². The minimum absolute atomic E-state index is 0.0661. The Hall–Kier alpha value is -1.55. The number of carbonyl (C=O) groups is 1. The van der Waals surface area contributed by atoms with E-state index in [4.69, 9.17) is 4.74 Å². The number of carbonyl (C=O) groups excluding carboxylic acids is 1. The third-order valence-corrected chi connectivity index (χ3v) is 2.87. The van der Waals surface area contributed by atoms with E-state index in [0.717, 1.165) is 18.4 Å². The molecule has 15 heavy (non-hydrogen) atoms. The fourth-order valence-electron chi connectivity index (χ4n) is 1.78. The van der Waals surface area contributed by atoms with Crippen molar-refractivity contribution in [2.45, 2.75) is 18.4 Å². The van der Waals surface area contributed by atoms with E-state index in [1.54, 1.807) is 12.1 Å². The standard InChI is InChI=1S/C11H11NO3/c13-10-6-15-9-2-1-7(5-8(9)12-10)11(14)3-4-11/h1-2,5,14H,3-4,6H2,(H,12,13). The molecule has 1 aromatic rings. The molecule has 0 saturated heterocycles. The molecule has 0 aromatic heterocycles. The molecule has 3 rings (SSSR count). The van der Waals surface area contributed by atoms with E-state index >= 15 is 0 Å². The van der Waals surface area contributed by atoms with Crippen LogP contribution in [-0.2, 0) is 10.4 Å². The number of benzene rings is 1. The van der Waals surface area contributed by atoms with E-state index in [2.05, 4.69) is 5.32 Å². The average molecular weight is 205 g/mol. The van der Waals surface area contributed by atoms with Gasteiger partial charge in [-0.25, -0.2) is 0 Å². The van der Waals surface area contributed by atoms with Crippen LogP contribution in [0.25, 0.3) is 0 Å². The molecular weight excluding hydrogens is 194 g/mol. The van der Waals surface area contributed by atoms with Crippen LogP contribution < -0.4 is 10.1 Å². The van der Waals surface area contributed by atoms with Crippen LogP contribution in [-0.4, -0.2) is 17.6 Å². The van der Waals surface area contributed by atoms with Crippen LogP contribution in [0.3, 0.4) is 0 Å². The number of fused-ring (bicyclic) bond motifs is 1. The van der Waals surface area contributed by atoms with Gasteiger partial charge in [0.25, 0.3) is 5.91 Å². The average Bonchev–Trinajstić information content (AvgIpc) is 2.97. The van der Waals surface area contributed by atoms with E-state index in [-0.39, 0.29) is 12.5 Å². The summed E-state index contributed by atoms with van der Waals surface area (Å²) in [6.07, 6.45) is 1.58. The number of hydrogen-bond acceptors (Lipinski definition) is 3. The van der Waals surface area contributed by atoms with E-state index in [9.17, 15) is 9.90 Å². The molecule has 2 N–H and O–H groups in total. The third-order valence-electron chi connectivity index (χ3n) is 2.87. The molecule has 1 aromatic carbocycles. The van der Waals surface area contributed by atoms with E-state index in [0.29, 0.717) is 11.4 Å². The van der Waals surface area contributed by atoms with Crippen molar-refractivity contribution in [1.29, 1.82) is 0 Å². The van der Waals surface area contributed by atoms with E-state index in [1.807, 2.05) is 6.07 Å². The highest BCUT2D eigenvalue weighted by atomic mass is 16.5. The topological polar surface area (TPSA) is 58.6 Å². The van der Waals surface area contributed by atoms with Crippen LogP contribution in [0.15, 0.2) is 18.2 Å². The van der Waals surface area contributed by atoms with Gasteiger partial charge < -0.3 is 15.2 Å². The largest absolute Gasteiger partial charge is 0.482 e. The Kier molecular flexibility index (Phi) is 1.59. The van der Waals surface area contributed by atoms with Crippen LogP contribution in [0.4, 0.5) is 5.69 Å². The van der Waals surface area contributed by atoms with Gasteiger partial charge in [-0.15, -0.1) is 0 Å². The zero-order chi connectivity index (χ0) is 10.5. The van der Waals surface area contributed by atoms with Gasteiger partial charge in [0.05, 0.1) is 11.3 Å². The lowest BCUT2D eigenvalue weighted by molar-refractivity contribution is -0.118. The summed E-state index contributed by atoms with van der Waals surface area (Å²) in [5, 5.41) is 12.6. The first-order chi connectivity index (χ1) is 7.17. The number of nitrogens with one attached hydrogen (secondary N) is 1. The number of anilines is 1. The molecule has 1 aliphatic heterocycles. The number of aliphatic hydroxyl groups is 1. The minimum Gasteiger partial charge on any atom is -0.482 e. The molecule has 0 atom stereocenters. The monoisotopic (exact) mass is 205 g/mol. The Bertz CT molecular complexity index is 437. The summed E-state index contributed by atoms with van der Waals surface area (Å²) in [5.74, 6) is 0.519. The Morgan fingerprint density at radius 3 is 2.93 bits per heavy atom. The third kappa shape index (κ3) is 1.37. The molecule has 0 spiro atoms. The zero-order valence-electron chi connectivity index (χ0n) is 8.12. The van der Waals surface area contributed by atoms with Crippen molar-refractivity contribution in [2.75, 3.05) is 11.9 Å². The lowest BCUT2D eigenvalue weighted by Gasteiger charge is -2.19.